The fraction of sp³-hybridized carbons (Fsp3) is 0.920. The Bertz CT molecular complexity index is 309. The molecule has 0 unspecified atom stereocenters. The zero-order valence-corrected chi connectivity index (χ0v) is 18.7. The molecule has 0 spiro atoms. The molecular formula is C25H50O2. The number of aliphatic hydroxyl groups is 2. The molecule has 0 bridgehead atoms. The van der Waals surface area contributed by atoms with Crippen molar-refractivity contribution in [2.45, 2.75) is 148 Å². The molecule has 0 aliphatic heterocycles. The van der Waals surface area contributed by atoms with Gasteiger partial charge in [0.25, 0.3) is 0 Å². The number of hydrogen-bond acceptors (Lipinski definition) is 2. The van der Waals surface area contributed by atoms with E-state index < -0.39 is 5.79 Å². The first-order valence-electron chi connectivity index (χ1n) is 12.2. The van der Waals surface area contributed by atoms with Gasteiger partial charge in [0.1, 0.15) is 0 Å². The van der Waals surface area contributed by atoms with Crippen molar-refractivity contribution < 1.29 is 10.2 Å². The van der Waals surface area contributed by atoms with Crippen molar-refractivity contribution in [3.05, 3.63) is 12.2 Å². The quantitative estimate of drug-likeness (QED) is 0.120. The molecule has 0 atom stereocenters. The van der Waals surface area contributed by atoms with Crippen molar-refractivity contribution in [3.8, 4) is 0 Å². The molecular weight excluding hydrogens is 332 g/mol. The Morgan fingerprint density at radius 1 is 0.481 bits per heavy atom. The summed E-state index contributed by atoms with van der Waals surface area (Å²) in [5.41, 5.74) is 0. The summed E-state index contributed by atoms with van der Waals surface area (Å²) >= 11 is 0. The van der Waals surface area contributed by atoms with Crippen LogP contribution in [0.4, 0.5) is 0 Å². The molecule has 162 valence electrons. The maximum atomic E-state index is 10.0. The standard InChI is InChI=1S/C25H50O2/c1-3-5-7-9-10-11-12-13-14-15-16-17-18-20-22-24-25(26,27)23-21-19-8-6-4-2/h13-14,26-27H,3-12,15-24H2,1-2H3/b14-13-. The van der Waals surface area contributed by atoms with Crippen LogP contribution in [0, 0.1) is 0 Å². The first-order valence-corrected chi connectivity index (χ1v) is 12.2. The van der Waals surface area contributed by atoms with Crippen molar-refractivity contribution in [1.82, 2.24) is 0 Å². The number of rotatable bonds is 21. The van der Waals surface area contributed by atoms with Crippen LogP contribution in [0.3, 0.4) is 0 Å². The van der Waals surface area contributed by atoms with E-state index in [-0.39, 0.29) is 0 Å². The summed E-state index contributed by atoms with van der Waals surface area (Å²) in [4.78, 5) is 0. The number of hydrogen-bond donors (Lipinski definition) is 2. The molecule has 2 N–H and O–H groups in total. The van der Waals surface area contributed by atoms with Crippen LogP contribution in [-0.4, -0.2) is 16.0 Å². The molecule has 0 saturated carbocycles. The Hall–Kier alpha value is -0.340. The van der Waals surface area contributed by atoms with Crippen molar-refractivity contribution in [2.24, 2.45) is 0 Å². The smallest absolute Gasteiger partial charge is 0.162 e. The van der Waals surface area contributed by atoms with Gasteiger partial charge < -0.3 is 10.2 Å². The molecule has 0 radical (unpaired) electrons. The number of allylic oxidation sites excluding steroid dienone is 2. The maximum absolute atomic E-state index is 10.0. The zero-order valence-electron chi connectivity index (χ0n) is 18.7. The molecule has 0 rings (SSSR count). The Kier molecular flexibility index (Phi) is 20.1. The van der Waals surface area contributed by atoms with Gasteiger partial charge in [0.15, 0.2) is 5.79 Å². The Labute approximate surface area is 170 Å². The highest BCUT2D eigenvalue weighted by Gasteiger charge is 2.21. The monoisotopic (exact) mass is 382 g/mol. The van der Waals surface area contributed by atoms with Gasteiger partial charge in [0.05, 0.1) is 0 Å². The summed E-state index contributed by atoms with van der Waals surface area (Å²) in [6, 6.07) is 0. The van der Waals surface area contributed by atoms with E-state index >= 15 is 0 Å². The van der Waals surface area contributed by atoms with Gasteiger partial charge in [-0.15, -0.1) is 0 Å². The van der Waals surface area contributed by atoms with Crippen LogP contribution in [-0.2, 0) is 0 Å². The molecule has 0 aliphatic carbocycles. The third-order valence-electron chi connectivity index (χ3n) is 5.52. The predicted octanol–water partition coefficient (Wildman–Crippen LogP) is 8.07. The fourth-order valence-corrected chi connectivity index (χ4v) is 3.62. The van der Waals surface area contributed by atoms with E-state index in [1.807, 2.05) is 0 Å². The maximum Gasteiger partial charge on any atom is 0.162 e. The van der Waals surface area contributed by atoms with E-state index in [9.17, 15) is 10.2 Å². The van der Waals surface area contributed by atoms with Gasteiger partial charge in [-0.3, -0.25) is 0 Å². The summed E-state index contributed by atoms with van der Waals surface area (Å²) in [6.07, 6.45) is 28.2. The molecule has 0 aliphatic rings. The summed E-state index contributed by atoms with van der Waals surface area (Å²) in [5.74, 6) is -1.43. The summed E-state index contributed by atoms with van der Waals surface area (Å²) in [6.45, 7) is 4.47. The SMILES string of the molecule is CCCCCCCC/C=C\CCCCCCCC(O)(O)CCCCCCC. The molecule has 0 fully saturated rings. The van der Waals surface area contributed by atoms with Gasteiger partial charge in [-0.25, -0.2) is 0 Å². The Morgan fingerprint density at radius 3 is 1.22 bits per heavy atom. The summed E-state index contributed by atoms with van der Waals surface area (Å²) < 4.78 is 0. The van der Waals surface area contributed by atoms with E-state index in [0.717, 1.165) is 25.7 Å². The van der Waals surface area contributed by atoms with Crippen molar-refractivity contribution >= 4 is 0 Å². The van der Waals surface area contributed by atoms with E-state index in [4.69, 9.17) is 0 Å². The van der Waals surface area contributed by atoms with Crippen molar-refractivity contribution in [3.63, 3.8) is 0 Å². The minimum Gasteiger partial charge on any atom is -0.366 e. The van der Waals surface area contributed by atoms with Gasteiger partial charge in [-0.1, -0.05) is 103 Å². The lowest BCUT2D eigenvalue weighted by Gasteiger charge is -2.21. The Morgan fingerprint density at radius 2 is 0.815 bits per heavy atom. The van der Waals surface area contributed by atoms with Gasteiger partial charge in [0, 0.05) is 12.8 Å². The van der Waals surface area contributed by atoms with Crippen LogP contribution in [0.1, 0.15) is 142 Å². The van der Waals surface area contributed by atoms with Gasteiger partial charge in [0.2, 0.25) is 0 Å². The molecule has 27 heavy (non-hydrogen) atoms. The van der Waals surface area contributed by atoms with E-state index in [0.29, 0.717) is 12.8 Å². The van der Waals surface area contributed by atoms with Gasteiger partial charge in [-0.05, 0) is 38.5 Å². The van der Waals surface area contributed by atoms with E-state index in [2.05, 4.69) is 26.0 Å². The molecule has 0 aromatic carbocycles. The molecule has 0 aromatic rings. The minimum absolute atomic E-state index is 0.541. The van der Waals surface area contributed by atoms with Crippen LogP contribution in [0.5, 0.6) is 0 Å². The van der Waals surface area contributed by atoms with Crippen LogP contribution in [0.2, 0.25) is 0 Å². The second kappa shape index (κ2) is 20.4. The zero-order chi connectivity index (χ0) is 20.1. The highest BCUT2D eigenvalue weighted by atomic mass is 16.5. The molecule has 0 aromatic heterocycles. The second-order valence-corrected chi connectivity index (χ2v) is 8.48. The Balaban J connectivity index is 3.32. The molecule has 0 saturated heterocycles. The average Bonchev–Trinajstić information content (AvgIpc) is 2.64. The summed E-state index contributed by atoms with van der Waals surface area (Å²) in [7, 11) is 0. The molecule has 2 nitrogen and oxygen atoms in total. The molecule has 0 heterocycles. The van der Waals surface area contributed by atoms with Crippen molar-refractivity contribution in [1.29, 1.82) is 0 Å². The third kappa shape index (κ3) is 21.8. The van der Waals surface area contributed by atoms with Crippen LogP contribution < -0.4 is 0 Å². The topological polar surface area (TPSA) is 40.5 Å². The van der Waals surface area contributed by atoms with E-state index in [1.165, 1.54) is 89.9 Å². The first kappa shape index (κ1) is 26.7. The van der Waals surface area contributed by atoms with Crippen molar-refractivity contribution in [2.75, 3.05) is 0 Å². The largest absolute Gasteiger partial charge is 0.366 e. The van der Waals surface area contributed by atoms with Crippen LogP contribution >= 0.6 is 0 Å². The second-order valence-electron chi connectivity index (χ2n) is 8.48. The first-order chi connectivity index (χ1) is 13.1. The molecule has 0 amide bonds. The highest BCUT2D eigenvalue weighted by Crippen LogP contribution is 2.20. The van der Waals surface area contributed by atoms with E-state index in [1.54, 1.807) is 0 Å². The number of unbranched alkanes of at least 4 members (excludes halogenated alkanes) is 15. The summed E-state index contributed by atoms with van der Waals surface area (Å²) in [5, 5.41) is 20.0. The lowest BCUT2D eigenvalue weighted by Crippen LogP contribution is -2.27. The van der Waals surface area contributed by atoms with Crippen LogP contribution in [0.15, 0.2) is 12.2 Å². The predicted molar refractivity (Wildman–Crippen MR) is 120 cm³/mol. The average molecular weight is 383 g/mol. The third-order valence-corrected chi connectivity index (χ3v) is 5.52. The van der Waals surface area contributed by atoms with Gasteiger partial charge in [-0.2, -0.15) is 0 Å². The minimum atomic E-state index is -1.43. The lowest BCUT2D eigenvalue weighted by atomic mass is 9.99. The van der Waals surface area contributed by atoms with Gasteiger partial charge >= 0.3 is 0 Å². The molecule has 2 heteroatoms. The lowest BCUT2D eigenvalue weighted by molar-refractivity contribution is -0.172. The fourth-order valence-electron chi connectivity index (χ4n) is 3.62. The highest BCUT2D eigenvalue weighted by molar-refractivity contribution is 4.81. The normalized spacial score (nSPS) is 12.3. The van der Waals surface area contributed by atoms with Crippen LogP contribution in [0.25, 0.3) is 0 Å².